The Hall–Kier alpha value is -2.12. The van der Waals surface area contributed by atoms with Crippen molar-refractivity contribution in [2.45, 2.75) is 6.92 Å². The first-order valence-electron chi connectivity index (χ1n) is 4.70. The summed E-state index contributed by atoms with van der Waals surface area (Å²) in [5.41, 5.74) is 0.0931. The number of amides is 2. The van der Waals surface area contributed by atoms with Crippen molar-refractivity contribution in [3.8, 4) is 0 Å². The van der Waals surface area contributed by atoms with E-state index in [1.165, 1.54) is 40.1 Å². The summed E-state index contributed by atoms with van der Waals surface area (Å²) in [7, 11) is 5.79. The topological polar surface area (TPSA) is 92.6 Å². The van der Waals surface area contributed by atoms with Crippen molar-refractivity contribution in [1.29, 1.82) is 0 Å². The molecule has 0 saturated heterocycles. The van der Waals surface area contributed by atoms with Gasteiger partial charge in [-0.1, -0.05) is 10.3 Å². The molecule has 0 heterocycles. The van der Waals surface area contributed by atoms with Crippen LogP contribution in [0.25, 0.3) is 0 Å². The van der Waals surface area contributed by atoms with Gasteiger partial charge in [0.25, 0.3) is 5.91 Å². The first-order valence-corrected chi connectivity index (χ1v) is 4.70. The lowest BCUT2D eigenvalue weighted by molar-refractivity contribution is -0.121. The zero-order valence-electron chi connectivity index (χ0n) is 10.5. The zero-order chi connectivity index (χ0) is 13.4. The molecule has 0 aromatic rings. The van der Waals surface area contributed by atoms with Gasteiger partial charge in [0.05, 0.1) is 0 Å². The third-order valence-electron chi connectivity index (χ3n) is 1.60. The van der Waals surface area contributed by atoms with Crippen LogP contribution in [-0.2, 0) is 14.5 Å². The monoisotopic (exact) mass is 244 g/mol. The van der Waals surface area contributed by atoms with Crippen molar-refractivity contribution in [3.05, 3.63) is 0 Å². The fourth-order valence-corrected chi connectivity index (χ4v) is 0.785. The number of hydrogen-bond acceptors (Lipinski definition) is 6. The normalized spacial score (nSPS) is 11.8. The molecule has 17 heavy (non-hydrogen) atoms. The minimum Gasteiger partial charge on any atom is -0.399 e. The van der Waals surface area contributed by atoms with Gasteiger partial charge in [-0.2, -0.15) is 0 Å². The molecule has 1 N–H and O–H groups in total. The van der Waals surface area contributed by atoms with Crippen LogP contribution in [-0.4, -0.2) is 56.6 Å². The molecule has 0 saturated carbocycles. The fourth-order valence-electron chi connectivity index (χ4n) is 0.785. The largest absolute Gasteiger partial charge is 0.433 e. The van der Waals surface area contributed by atoms with E-state index >= 15 is 0 Å². The van der Waals surface area contributed by atoms with Crippen LogP contribution in [0.15, 0.2) is 10.3 Å². The van der Waals surface area contributed by atoms with E-state index in [9.17, 15) is 9.59 Å². The molecule has 0 aromatic heterocycles. The first-order chi connectivity index (χ1) is 7.93. The van der Waals surface area contributed by atoms with E-state index in [0.717, 1.165) is 0 Å². The summed E-state index contributed by atoms with van der Waals surface area (Å²) in [6.45, 7) is 1.51. The Balaban J connectivity index is 5.04. The van der Waals surface area contributed by atoms with Gasteiger partial charge in [0.2, 0.25) is 0 Å². The molecule has 0 aliphatic carbocycles. The second kappa shape index (κ2) is 7.20. The molecule has 0 fully saturated rings. The average Bonchev–Trinajstić information content (AvgIpc) is 2.28. The molecule has 0 rings (SSSR count). The maximum atomic E-state index is 11.7. The van der Waals surface area contributed by atoms with Crippen LogP contribution in [0, 0.1) is 0 Å². The highest BCUT2D eigenvalue weighted by Gasteiger charge is 2.19. The number of nitrogens with zero attached hydrogens (tertiary/aromatic N) is 3. The van der Waals surface area contributed by atoms with E-state index in [1.54, 1.807) is 0 Å². The molecule has 8 nitrogen and oxygen atoms in total. The highest BCUT2D eigenvalue weighted by atomic mass is 16.7. The molecule has 96 valence electrons. The second-order valence-corrected chi connectivity index (χ2v) is 3.13. The Morgan fingerprint density at radius 3 is 2.24 bits per heavy atom. The second-order valence-electron chi connectivity index (χ2n) is 3.13. The summed E-state index contributed by atoms with van der Waals surface area (Å²) < 4.78 is 0. The smallest absolute Gasteiger partial charge is 0.399 e. The number of rotatable bonds is 4. The van der Waals surface area contributed by atoms with Gasteiger partial charge in [-0.3, -0.25) is 9.63 Å². The van der Waals surface area contributed by atoms with E-state index < -0.39 is 12.0 Å². The molecule has 0 aliphatic rings. The van der Waals surface area contributed by atoms with Crippen LogP contribution in [0.4, 0.5) is 4.79 Å². The lowest BCUT2D eigenvalue weighted by atomic mass is 10.2. The Bertz CT molecular complexity index is 349. The van der Waals surface area contributed by atoms with E-state index in [-0.39, 0.29) is 11.4 Å². The average molecular weight is 244 g/mol. The summed E-state index contributed by atoms with van der Waals surface area (Å²) in [5.74, 6) is -0.452. The van der Waals surface area contributed by atoms with E-state index in [4.69, 9.17) is 0 Å². The molecule has 2 amide bonds. The predicted molar refractivity (Wildman–Crippen MR) is 61.8 cm³/mol. The Morgan fingerprint density at radius 2 is 1.82 bits per heavy atom. The molecular weight excluding hydrogens is 228 g/mol. The molecule has 0 atom stereocenters. The van der Waals surface area contributed by atoms with Gasteiger partial charge in [0.15, 0.2) is 5.71 Å². The Kier molecular flexibility index (Phi) is 6.30. The van der Waals surface area contributed by atoms with Crippen LogP contribution in [0.5, 0.6) is 0 Å². The number of carbonyl (C=O) groups is 2. The third-order valence-corrected chi connectivity index (χ3v) is 1.60. The molecule has 0 aliphatic heterocycles. The van der Waals surface area contributed by atoms with Gasteiger partial charge < -0.3 is 15.1 Å². The third kappa shape index (κ3) is 4.96. The van der Waals surface area contributed by atoms with E-state index in [0.29, 0.717) is 0 Å². The number of nitrogens with one attached hydrogen (secondary N) is 1. The van der Waals surface area contributed by atoms with Crippen molar-refractivity contribution < 1.29 is 19.3 Å². The summed E-state index contributed by atoms with van der Waals surface area (Å²) in [6, 6.07) is 0. The van der Waals surface area contributed by atoms with Gasteiger partial charge in [-0.25, -0.2) is 4.79 Å². The Labute approximate surface area is 99.2 Å². The van der Waals surface area contributed by atoms with Crippen LogP contribution >= 0.6 is 0 Å². The van der Waals surface area contributed by atoms with Crippen molar-refractivity contribution in [1.82, 2.24) is 10.2 Å². The molecule has 0 unspecified atom stereocenters. The Morgan fingerprint density at radius 1 is 1.24 bits per heavy atom. The van der Waals surface area contributed by atoms with Crippen LogP contribution in [0.2, 0.25) is 0 Å². The zero-order valence-corrected chi connectivity index (χ0v) is 10.5. The lowest BCUT2D eigenvalue weighted by Crippen LogP contribution is -2.35. The quantitative estimate of drug-likeness (QED) is 0.421. The van der Waals surface area contributed by atoms with Gasteiger partial charge in [-0.05, 0) is 6.92 Å². The highest BCUT2D eigenvalue weighted by Crippen LogP contribution is 1.94. The maximum Gasteiger partial charge on any atom is 0.433 e. The molecule has 0 bridgehead atoms. The minimum absolute atomic E-state index is 0.111. The maximum absolute atomic E-state index is 11.7. The van der Waals surface area contributed by atoms with Gasteiger partial charge in [0.1, 0.15) is 12.8 Å². The summed E-state index contributed by atoms with van der Waals surface area (Å²) in [6.07, 6.45) is -0.778. The highest BCUT2D eigenvalue weighted by molar-refractivity contribution is 6.66. The van der Waals surface area contributed by atoms with Gasteiger partial charge >= 0.3 is 6.09 Å². The minimum atomic E-state index is -0.778. The van der Waals surface area contributed by atoms with E-state index in [1.807, 2.05) is 0 Å². The van der Waals surface area contributed by atoms with Gasteiger partial charge in [0, 0.05) is 21.1 Å². The number of hydrogen-bond donors (Lipinski definition) is 1. The summed E-state index contributed by atoms with van der Waals surface area (Å²) in [4.78, 5) is 32.8. The predicted octanol–water partition coefficient (Wildman–Crippen LogP) is -0.191. The molecule has 0 radical (unpaired) electrons. The SMILES string of the molecule is CNC(=O)ON=C(C(=O)N(C)C)C(C)=NOC. The van der Waals surface area contributed by atoms with Crippen molar-refractivity contribution >= 4 is 23.4 Å². The fraction of sp³-hybridized carbons (Fsp3) is 0.556. The number of carbonyl (C=O) groups excluding carboxylic acids is 2. The molecular formula is C9H16N4O4. The van der Waals surface area contributed by atoms with Crippen LogP contribution < -0.4 is 5.32 Å². The molecule has 8 heteroatoms. The van der Waals surface area contributed by atoms with E-state index in [2.05, 4.69) is 25.3 Å². The van der Waals surface area contributed by atoms with Gasteiger partial charge in [-0.15, -0.1) is 0 Å². The first kappa shape index (κ1) is 14.9. The molecule has 0 spiro atoms. The van der Waals surface area contributed by atoms with Crippen LogP contribution in [0.3, 0.4) is 0 Å². The lowest BCUT2D eigenvalue weighted by Gasteiger charge is -2.11. The van der Waals surface area contributed by atoms with Crippen molar-refractivity contribution in [2.24, 2.45) is 10.3 Å². The van der Waals surface area contributed by atoms with Crippen molar-refractivity contribution in [2.75, 3.05) is 28.3 Å². The van der Waals surface area contributed by atoms with Crippen LogP contribution in [0.1, 0.15) is 6.92 Å². The molecule has 0 aromatic carbocycles. The summed E-state index contributed by atoms with van der Waals surface area (Å²) in [5, 5.41) is 9.19. The standard InChI is InChI=1S/C9H16N4O4/c1-6(11-16-5)7(8(14)13(3)4)12-17-9(15)10-2/h1-5H3,(H,10,15). The number of oxime groups is 2. The summed E-state index contributed by atoms with van der Waals surface area (Å²) >= 11 is 0. The van der Waals surface area contributed by atoms with Crippen molar-refractivity contribution in [3.63, 3.8) is 0 Å².